The quantitative estimate of drug-likeness (QED) is 0.660. The fourth-order valence-corrected chi connectivity index (χ4v) is 2.55. The first-order valence-corrected chi connectivity index (χ1v) is 7.44. The summed E-state index contributed by atoms with van der Waals surface area (Å²) in [7, 11) is 0. The van der Waals surface area contributed by atoms with Gasteiger partial charge in [-0.3, -0.25) is 0 Å². The topological polar surface area (TPSA) is 89.9 Å². The first-order valence-electron chi connectivity index (χ1n) is 7.44. The molecule has 1 rings (SSSR count). The Morgan fingerprint density at radius 1 is 1.40 bits per heavy atom. The lowest BCUT2D eigenvalue weighted by Crippen LogP contribution is -2.47. The van der Waals surface area contributed by atoms with Gasteiger partial charge in [0.1, 0.15) is 6.04 Å². The van der Waals surface area contributed by atoms with E-state index in [0.717, 1.165) is 25.7 Å². The molecular weight excluding hydrogens is 260 g/mol. The number of nitrogens with one attached hydrogen (secondary N) is 1. The van der Waals surface area contributed by atoms with Crippen LogP contribution in [0.3, 0.4) is 0 Å². The number of likely N-dealkylation sites (tertiary alicyclic amines) is 1. The lowest BCUT2D eigenvalue weighted by Gasteiger charge is -2.23. The predicted molar refractivity (Wildman–Crippen MR) is 75.5 cm³/mol. The third-order valence-corrected chi connectivity index (χ3v) is 3.91. The second-order valence-electron chi connectivity index (χ2n) is 5.50. The Kier molecular flexibility index (Phi) is 6.78. The molecule has 3 atom stereocenters. The van der Waals surface area contributed by atoms with Gasteiger partial charge in [-0.15, -0.1) is 0 Å². The number of aliphatic hydroxyl groups is 1. The molecule has 1 aliphatic rings. The van der Waals surface area contributed by atoms with E-state index >= 15 is 0 Å². The molecule has 1 aliphatic heterocycles. The first-order chi connectivity index (χ1) is 9.49. The number of hydrogen-bond acceptors (Lipinski definition) is 3. The van der Waals surface area contributed by atoms with Crippen molar-refractivity contribution in [3.05, 3.63) is 0 Å². The van der Waals surface area contributed by atoms with Gasteiger partial charge in [-0.05, 0) is 12.3 Å². The molecule has 2 amide bonds. The molecule has 0 aliphatic carbocycles. The molecule has 6 heteroatoms. The van der Waals surface area contributed by atoms with Crippen molar-refractivity contribution in [1.29, 1.82) is 0 Å². The summed E-state index contributed by atoms with van der Waals surface area (Å²) in [6, 6.07) is -1.30. The molecule has 1 fully saturated rings. The van der Waals surface area contributed by atoms with Crippen molar-refractivity contribution in [3.8, 4) is 0 Å². The van der Waals surface area contributed by atoms with Crippen molar-refractivity contribution in [1.82, 2.24) is 10.2 Å². The van der Waals surface area contributed by atoms with Gasteiger partial charge in [0.15, 0.2) is 0 Å². The van der Waals surface area contributed by atoms with Crippen molar-refractivity contribution < 1.29 is 19.8 Å². The van der Waals surface area contributed by atoms with Crippen LogP contribution in [0.1, 0.15) is 46.0 Å². The van der Waals surface area contributed by atoms with Crippen molar-refractivity contribution in [2.45, 2.75) is 58.1 Å². The monoisotopic (exact) mass is 286 g/mol. The fourth-order valence-electron chi connectivity index (χ4n) is 2.55. The Hall–Kier alpha value is -1.30. The molecule has 0 spiro atoms. The maximum Gasteiger partial charge on any atom is 0.326 e. The second-order valence-corrected chi connectivity index (χ2v) is 5.50. The van der Waals surface area contributed by atoms with E-state index in [1.807, 2.05) is 0 Å². The van der Waals surface area contributed by atoms with Gasteiger partial charge in [0.05, 0.1) is 6.10 Å². The van der Waals surface area contributed by atoms with Crippen LogP contribution in [0.5, 0.6) is 0 Å². The Balaban J connectivity index is 2.46. The van der Waals surface area contributed by atoms with E-state index in [0.29, 0.717) is 12.5 Å². The number of rotatable bonds is 7. The second kappa shape index (κ2) is 8.09. The largest absolute Gasteiger partial charge is 0.480 e. The summed E-state index contributed by atoms with van der Waals surface area (Å²) in [5, 5.41) is 21.4. The Morgan fingerprint density at radius 3 is 2.65 bits per heavy atom. The molecule has 0 bridgehead atoms. The van der Waals surface area contributed by atoms with Crippen LogP contribution >= 0.6 is 0 Å². The summed E-state index contributed by atoms with van der Waals surface area (Å²) in [6.45, 7) is 4.88. The third kappa shape index (κ3) is 4.67. The van der Waals surface area contributed by atoms with Gasteiger partial charge in [-0.25, -0.2) is 9.59 Å². The van der Waals surface area contributed by atoms with Gasteiger partial charge in [-0.2, -0.15) is 0 Å². The molecule has 6 nitrogen and oxygen atoms in total. The molecule has 116 valence electrons. The maximum atomic E-state index is 12.0. The third-order valence-electron chi connectivity index (χ3n) is 3.91. The molecule has 20 heavy (non-hydrogen) atoms. The van der Waals surface area contributed by atoms with Crippen LogP contribution in [-0.2, 0) is 4.79 Å². The standard InChI is InChI=1S/C14H26N2O4/c1-3-5-6-10(4-2)8-15-14(20)16-9-11(17)7-12(16)13(18)19/h10-12,17H,3-9H2,1-2H3,(H,15,20)(H,18,19)/t10?,11-,12+/m1/s1. The van der Waals surface area contributed by atoms with E-state index in [4.69, 9.17) is 5.11 Å². The minimum Gasteiger partial charge on any atom is -0.480 e. The van der Waals surface area contributed by atoms with Crippen LogP contribution in [0.25, 0.3) is 0 Å². The van der Waals surface area contributed by atoms with E-state index in [1.165, 1.54) is 4.90 Å². The number of unbranched alkanes of at least 4 members (excludes halogenated alkanes) is 1. The minimum absolute atomic E-state index is 0.0918. The highest BCUT2D eigenvalue weighted by atomic mass is 16.4. The van der Waals surface area contributed by atoms with Crippen LogP contribution in [0, 0.1) is 5.92 Å². The van der Waals surface area contributed by atoms with E-state index in [9.17, 15) is 14.7 Å². The number of aliphatic hydroxyl groups excluding tert-OH is 1. The molecule has 1 unspecified atom stereocenters. The number of carbonyl (C=O) groups is 2. The zero-order chi connectivity index (χ0) is 15.1. The summed E-state index contributed by atoms with van der Waals surface area (Å²) in [5.74, 6) is -0.635. The number of amides is 2. The van der Waals surface area contributed by atoms with Gasteiger partial charge < -0.3 is 20.4 Å². The number of hydrogen-bond donors (Lipinski definition) is 3. The average molecular weight is 286 g/mol. The maximum absolute atomic E-state index is 12.0. The van der Waals surface area contributed by atoms with Gasteiger partial charge >= 0.3 is 12.0 Å². The summed E-state index contributed by atoms with van der Waals surface area (Å²) in [4.78, 5) is 24.3. The highest BCUT2D eigenvalue weighted by Gasteiger charge is 2.38. The average Bonchev–Trinajstić information content (AvgIpc) is 2.81. The Bertz CT molecular complexity index is 335. The molecule has 0 saturated carbocycles. The lowest BCUT2D eigenvalue weighted by atomic mass is 9.99. The zero-order valence-corrected chi connectivity index (χ0v) is 12.3. The first kappa shape index (κ1) is 16.8. The van der Waals surface area contributed by atoms with Crippen LogP contribution < -0.4 is 5.32 Å². The molecule has 3 N–H and O–H groups in total. The van der Waals surface area contributed by atoms with Crippen LogP contribution in [0.4, 0.5) is 4.79 Å². The van der Waals surface area contributed by atoms with Gasteiger partial charge in [-0.1, -0.05) is 33.1 Å². The lowest BCUT2D eigenvalue weighted by molar-refractivity contribution is -0.141. The Labute approximate surface area is 120 Å². The normalized spacial score (nSPS) is 23.6. The van der Waals surface area contributed by atoms with Gasteiger partial charge in [0.2, 0.25) is 0 Å². The van der Waals surface area contributed by atoms with Gasteiger partial charge in [0.25, 0.3) is 0 Å². The number of nitrogens with zero attached hydrogens (tertiary/aromatic N) is 1. The fraction of sp³-hybridized carbons (Fsp3) is 0.857. The molecule has 1 heterocycles. The van der Waals surface area contributed by atoms with Crippen molar-refractivity contribution in [2.75, 3.05) is 13.1 Å². The number of aliphatic carboxylic acids is 1. The van der Waals surface area contributed by atoms with E-state index in [1.54, 1.807) is 0 Å². The molecule has 0 radical (unpaired) electrons. The SMILES string of the molecule is CCCCC(CC)CNC(=O)N1C[C@H](O)C[C@H]1C(=O)O. The van der Waals surface area contributed by atoms with Crippen LogP contribution in [-0.4, -0.2) is 52.3 Å². The number of urea groups is 1. The van der Waals surface area contributed by atoms with Crippen LogP contribution in [0.15, 0.2) is 0 Å². The molecule has 1 saturated heterocycles. The number of β-amino-alcohol motifs (C(OH)–C–C–N with tert-alkyl or cyclic N) is 1. The molecular formula is C14H26N2O4. The highest BCUT2D eigenvalue weighted by molar-refractivity contribution is 5.83. The smallest absolute Gasteiger partial charge is 0.326 e. The van der Waals surface area contributed by atoms with Crippen molar-refractivity contribution in [3.63, 3.8) is 0 Å². The zero-order valence-electron chi connectivity index (χ0n) is 12.3. The molecule has 0 aromatic rings. The summed E-state index contributed by atoms with van der Waals surface area (Å²) in [5.41, 5.74) is 0. The highest BCUT2D eigenvalue weighted by Crippen LogP contribution is 2.18. The van der Waals surface area contributed by atoms with E-state index in [2.05, 4.69) is 19.2 Å². The summed E-state index contributed by atoms with van der Waals surface area (Å²) >= 11 is 0. The predicted octanol–water partition coefficient (Wildman–Crippen LogP) is 1.43. The van der Waals surface area contributed by atoms with Crippen molar-refractivity contribution in [2.24, 2.45) is 5.92 Å². The van der Waals surface area contributed by atoms with Crippen molar-refractivity contribution >= 4 is 12.0 Å². The number of carboxylic acids is 1. The minimum atomic E-state index is -1.06. The van der Waals surface area contributed by atoms with Crippen LogP contribution in [0.2, 0.25) is 0 Å². The van der Waals surface area contributed by atoms with E-state index in [-0.39, 0.29) is 19.0 Å². The molecule has 0 aromatic carbocycles. The Morgan fingerprint density at radius 2 is 2.10 bits per heavy atom. The summed E-state index contributed by atoms with van der Waals surface area (Å²) in [6.07, 6.45) is 3.68. The summed E-state index contributed by atoms with van der Waals surface area (Å²) < 4.78 is 0. The molecule has 0 aromatic heterocycles. The van der Waals surface area contributed by atoms with Gasteiger partial charge in [0, 0.05) is 19.5 Å². The number of carboxylic acid groups (broad SMARTS) is 1. The van der Waals surface area contributed by atoms with E-state index < -0.39 is 18.1 Å². The number of carbonyl (C=O) groups excluding carboxylic acids is 1.